The number of pyridine rings is 1. The highest BCUT2D eigenvalue weighted by molar-refractivity contribution is 7.87. The molecule has 1 aromatic carbocycles. The van der Waals surface area contributed by atoms with Crippen LogP contribution in [0.25, 0.3) is 10.9 Å². The standard InChI is InChI=1S/C15H19N3O3S/c19-22(20,18-10-1-2-11-18)17-9-12-21-14-7-3-5-13-6-4-8-16-15(13)14/h3-8,17H,1-2,9-12H2. The van der Waals surface area contributed by atoms with E-state index in [1.165, 1.54) is 4.31 Å². The zero-order valence-electron chi connectivity index (χ0n) is 12.2. The van der Waals surface area contributed by atoms with E-state index in [0.29, 0.717) is 18.8 Å². The first-order valence-electron chi connectivity index (χ1n) is 7.38. The minimum atomic E-state index is -3.37. The summed E-state index contributed by atoms with van der Waals surface area (Å²) < 4.78 is 33.7. The fraction of sp³-hybridized carbons (Fsp3) is 0.400. The fourth-order valence-electron chi connectivity index (χ4n) is 2.54. The summed E-state index contributed by atoms with van der Waals surface area (Å²) in [5.74, 6) is 0.665. The number of para-hydroxylation sites is 1. The van der Waals surface area contributed by atoms with E-state index in [4.69, 9.17) is 4.74 Å². The van der Waals surface area contributed by atoms with Crippen molar-refractivity contribution in [3.63, 3.8) is 0 Å². The monoisotopic (exact) mass is 321 g/mol. The minimum absolute atomic E-state index is 0.238. The summed E-state index contributed by atoms with van der Waals surface area (Å²) in [6.45, 7) is 1.71. The predicted octanol–water partition coefficient (Wildman–Crippen LogP) is 1.54. The molecule has 3 rings (SSSR count). The van der Waals surface area contributed by atoms with Crippen molar-refractivity contribution in [1.29, 1.82) is 0 Å². The molecule has 0 saturated carbocycles. The number of rotatable bonds is 6. The number of hydrogen-bond acceptors (Lipinski definition) is 4. The zero-order chi connectivity index (χ0) is 15.4. The molecule has 0 spiro atoms. The van der Waals surface area contributed by atoms with Crippen LogP contribution in [0.2, 0.25) is 0 Å². The molecule has 118 valence electrons. The summed E-state index contributed by atoms with van der Waals surface area (Å²) in [7, 11) is -3.37. The third-order valence-electron chi connectivity index (χ3n) is 3.64. The van der Waals surface area contributed by atoms with Crippen LogP contribution in [-0.4, -0.2) is 43.9 Å². The van der Waals surface area contributed by atoms with Gasteiger partial charge in [0.05, 0.1) is 0 Å². The Labute approximate surface area is 130 Å². The molecule has 0 radical (unpaired) electrons. The Hall–Kier alpha value is -1.70. The Kier molecular flexibility index (Phi) is 4.56. The molecule has 6 nitrogen and oxygen atoms in total. The van der Waals surface area contributed by atoms with E-state index >= 15 is 0 Å². The molecule has 1 aliphatic heterocycles. The lowest BCUT2D eigenvalue weighted by Crippen LogP contribution is -2.40. The quantitative estimate of drug-likeness (QED) is 0.819. The number of ether oxygens (including phenoxy) is 1. The first-order chi connectivity index (χ1) is 10.7. The van der Waals surface area contributed by atoms with Gasteiger partial charge in [0.15, 0.2) is 0 Å². The van der Waals surface area contributed by atoms with E-state index in [0.717, 1.165) is 23.7 Å². The van der Waals surface area contributed by atoms with Crippen molar-refractivity contribution in [2.75, 3.05) is 26.2 Å². The average molecular weight is 321 g/mol. The van der Waals surface area contributed by atoms with Crippen molar-refractivity contribution < 1.29 is 13.2 Å². The van der Waals surface area contributed by atoms with Gasteiger partial charge in [0.25, 0.3) is 10.2 Å². The number of nitrogens with one attached hydrogen (secondary N) is 1. The first-order valence-corrected chi connectivity index (χ1v) is 8.82. The van der Waals surface area contributed by atoms with Crippen molar-refractivity contribution in [1.82, 2.24) is 14.0 Å². The van der Waals surface area contributed by atoms with E-state index in [-0.39, 0.29) is 13.2 Å². The van der Waals surface area contributed by atoms with E-state index in [1.54, 1.807) is 6.20 Å². The third-order valence-corrected chi connectivity index (χ3v) is 5.26. The minimum Gasteiger partial charge on any atom is -0.490 e. The Bertz CT molecular complexity index is 737. The predicted molar refractivity (Wildman–Crippen MR) is 85.0 cm³/mol. The van der Waals surface area contributed by atoms with Gasteiger partial charge in [-0.2, -0.15) is 17.4 Å². The van der Waals surface area contributed by atoms with Crippen molar-refractivity contribution in [2.45, 2.75) is 12.8 Å². The molecular weight excluding hydrogens is 302 g/mol. The maximum Gasteiger partial charge on any atom is 0.279 e. The van der Waals surface area contributed by atoms with Crippen LogP contribution in [-0.2, 0) is 10.2 Å². The molecule has 1 saturated heterocycles. The van der Waals surface area contributed by atoms with Gasteiger partial charge in [-0.05, 0) is 25.0 Å². The summed E-state index contributed by atoms with van der Waals surface area (Å²) in [6, 6.07) is 9.53. The van der Waals surface area contributed by atoms with Crippen LogP contribution < -0.4 is 9.46 Å². The summed E-state index contributed by atoms with van der Waals surface area (Å²) in [4.78, 5) is 4.30. The van der Waals surface area contributed by atoms with Gasteiger partial charge in [-0.3, -0.25) is 4.98 Å². The zero-order valence-corrected chi connectivity index (χ0v) is 13.1. The molecule has 1 N–H and O–H groups in total. The van der Waals surface area contributed by atoms with Gasteiger partial charge >= 0.3 is 0 Å². The molecule has 2 heterocycles. The van der Waals surface area contributed by atoms with Crippen LogP contribution in [0.5, 0.6) is 5.75 Å². The molecule has 0 unspecified atom stereocenters. The van der Waals surface area contributed by atoms with Crippen molar-refractivity contribution in [3.8, 4) is 5.75 Å². The summed E-state index contributed by atoms with van der Waals surface area (Å²) in [5.41, 5.74) is 0.785. The molecule has 0 atom stereocenters. The van der Waals surface area contributed by atoms with Gasteiger partial charge in [0.1, 0.15) is 17.9 Å². The van der Waals surface area contributed by atoms with Crippen LogP contribution >= 0.6 is 0 Å². The maximum absolute atomic E-state index is 12.0. The van der Waals surface area contributed by atoms with E-state index in [2.05, 4.69) is 9.71 Å². The molecule has 1 aliphatic rings. The highest BCUT2D eigenvalue weighted by atomic mass is 32.2. The molecular formula is C15H19N3O3S. The molecule has 0 bridgehead atoms. The lowest BCUT2D eigenvalue weighted by atomic mass is 10.2. The SMILES string of the molecule is O=S(=O)(NCCOc1cccc2cccnc12)N1CCCC1. The second kappa shape index (κ2) is 6.60. The molecule has 1 aromatic heterocycles. The number of nitrogens with zero attached hydrogens (tertiary/aromatic N) is 2. The Morgan fingerprint density at radius 3 is 2.77 bits per heavy atom. The number of benzene rings is 1. The van der Waals surface area contributed by atoms with Gasteiger partial charge in [-0.1, -0.05) is 18.2 Å². The van der Waals surface area contributed by atoms with E-state index in [9.17, 15) is 8.42 Å². The summed E-state index contributed by atoms with van der Waals surface area (Å²) in [6.07, 6.45) is 3.57. The van der Waals surface area contributed by atoms with Gasteiger partial charge in [-0.15, -0.1) is 0 Å². The van der Waals surface area contributed by atoms with Gasteiger partial charge in [0, 0.05) is 31.2 Å². The maximum atomic E-state index is 12.0. The van der Waals surface area contributed by atoms with Crippen molar-refractivity contribution in [3.05, 3.63) is 36.5 Å². The largest absolute Gasteiger partial charge is 0.490 e. The van der Waals surface area contributed by atoms with Crippen LogP contribution in [0.1, 0.15) is 12.8 Å². The fourth-order valence-corrected chi connectivity index (χ4v) is 3.81. The highest BCUT2D eigenvalue weighted by Gasteiger charge is 2.24. The molecule has 1 fully saturated rings. The highest BCUT2D eigenvalue weighted by Crippen LogP contribution is 2.22. The average Bonchev–Trinajstić information content (AvgIpc) is 3.07. The van der Waals surface area contributed by atoms with Crippen LogP contribution in [0.15, 0.2) is 36.5 Å². The number of aromatic nitrogens is 1. The van der Waals surface area contributed by atoms with Crippen LogP contribution in [0.4, 0.5) is 0 Å². The molecule has 0 aliphatic carbocycles. The second-order valence-electron chi connectivity index (χ2n) is 5.19. The van der Waals surface area contributed by atoms with E-state index < -0.39 is 10.2 Å². The number of fused-ring (bicyclic) bond motifs is 1. The lowest BCUT2D eigenvalue weighted by Gasteiger charge is -2.16. The van der Waals surface area contributed by atoms with Crippen LogP contribution in [0.3, 0.4) is 0 Å². The van der Waals surface area contributed by atoms with Crippen molar-refractivity contribution >= 4 is 21.1 Å². The van der Waals surface area contributed by atoms with Crippen molar-refractivity contribution in [2.24, 2.45) is 0 Å². The Morgan fingerprint density at radius 1 is 1.18 bits per heavy atom. The topological polar surface area (TPSA) is 71.5 Å². The summed E-state index contributed by atoms with van der Waals surface area (Å²) >= 11 is 0. The lowest BCUT2D eigenvalue weighted by molar-refractivity contribution is 0.324. The van der Waals surface area contributed by atoms with Gasteiger partial charge in [-0.25, -0.2) is 0 Å². The third kappa shape index (κ3) is 3.37. The smallest absolute Gasteiger partial charge is 0.279 e. The first kappa shape index (κ1) is 15.2. The molecule has 7 heteroatoms. The van der Waals surface area contributed by atoms with Gasteiger partial charge < -0.3 is 4.74 Å². The van der Waals surface area contributed by atoms with Gasteiger partial charge in [0.2, 0.25) is 0 Å². The van der Waals surface area contributed by atoms with Crippen LogP contribution in [0, 0.1) is 0 Å². The second-order valence-corrected chi connectivity index (χ2v) is 6.94. The molecule has 0 amide bonds. The molecule has 22 heavy (non-hydrogen) atoms. The normalized spacial score (nSPS) is 16.2. The Balaban J connectivity index is 1.56. The van der Waals surface area contributed by atoms with E-state index in [1.807, 2.05) is 30.3 Å². The number of hydrogen-bond donors (Lipinski definition) is 1. The Morgan fingerprint density at radius 2 is 1.95 bits per heavy atom. The summed E-state index contributed by atoms with van der Waals surface area (Å²) in [5, 5.41) is 0.998. The molecule has 2 aromatic rings.